The zero-order chi connectivity index (χ0) is 7.82. The number of halogens is 2. The first-order valence-electron chi connectivity index (χ1n) is 2.95. The molecule has 52 valence electrons. The minimum absolute atomic E-state index is 0.0417. The second-order valence-corrected chi connectivity index (χ2v) is 9.84. The van der Waals surface area contributed by atoms with E-state index in [1.165, 1.54) is 5.56 Å². The highest BCUT2D eigenvalue weighted by Crippen LogP contribution is 1.92. The van der Waals surface area contributed by atoms with Gasteiger partial charge >= 0.3 is 16.0 Å². The summed E-state index contributed by atoms with van der Waals surface area (Å²) in [7, 11) is 0. The lowest BCUT2D eigenvalue weighted by atomic mass is 10.2. The maximum absolute atomic E-state index is 3.20. The van der Waals surface area contributed by atoms with E-state index in [1.807, 2.05) is 18.2 Å². The Hall–Kier alpha value is 0.946. The molecule has 3 heteroatoms. The fraction of sp³-hybridized carbons (Fsp3) is 0.143. The van der Waals surface area contributed by atoms with Crippen LogP contribution in [0.3, 0.4) is 0 Å². The molecule has 0 fully saturated rings. The Kier molecular flexibility index (Phi) is 8.81. The van der Waals surface area contributed by atoms with Crippen LogP contribution in [0, 0.1) is 6.92 Å². The van der Waals surface area contributed by atoms with Crippen molar-refractivity contribution < 1.29 is 0 Å². The average molecular weight is 276 g/mol. The lowest BCUT2D eigenvalue weighted by molar-refractivity contribution is 1.48. The van der Waals surface area contributed by atoms with Crippen molar-refractivity contribution in [2.24, 2.45) is 0 Å². The first-order valence-corrected chi connectivity index (χ1v) is 10.7. The maximum atomic E-state index is 3.20. The normalized spacial score (nSPS) is 7.10. The molecule has 0 spiro atoms. The molecule has 0 saturated carbocycles. The van der Waals surface area contributed by atoms with E-state index < -0.39 is 0 Å². The molecule has 0 saturated heterocycles. The van der Waals surface area contributed by atoms with Gasteiger partial charge in [-0.3, -0.25) is 25.8 Å². The van der Waals surface area contributed by atoms with Crippen LogP contribution in [0.15, 0.2) is 30.3 Å². The Morgan fingerprint density at radius 3 is 1.70 bits per heavy atom. The van der Waals surface area contributed by atoms with Crippen molar-refractivity contribution in [2.45, 2.75) is 6.92 Å². The molecule has 1 rings (SSSR count). The van der Waals surface area contributed by atoms with Gasteiger partial charge in [0.05, 0.1) is 0 Å². The third kappa shape index (κ3) is 7.06. The van der Waals surface area contributed by atoms with Gasteiger partial charge in [0.2, 0.25) is 0 Å². The van der Waals surface area contributed by atoms with Gasteiger partial charge in [0.1, 0.15) is 0 Å². The smallest absolute Gasteiger partial charge is 0.280 e. The fourth-order valence-corrected chi connectivity index (χ4v) is 0.534. The summed E-state index contributed by atoms with van der Waals surface area (Å²) in [5.41, 5.74) is 1.32. The quantitative estimate of drug-likeness (QED) is 0.638. The molecule has 10 heavy (non-hydrogen) atoms. The molecule has 0 aliphatic rings. The molecule has 1 aromatic carbocycles. The number of rotatable bonds is 0. The van der Waals surface area contributed by atoms with E-state index in [0.717, 1.165) is 0 Å². The molecule has 0 N–H and O–H groups in total. The van der Waals surface area contributed by atoms with Crippen LogP contribution in [-0.2, 0) is 0 Å². The lowest BCUT2D eigenvalue weighted by Crippen LogP contribution is -1.62. The molecule has 0 aliphatic heterocycles. The molecule has 0 heterocycles. The lowest BCUT2D eigenvalue weighted by Gasteiger charge is -1.82. The summed E-state index contributed by atoms with van der Waals surface area (Å²) < 4.78 is 0. The van der Waals surface area contributed by atoms with Gasteiger partial charge in [0.15, 0.2) is 0 Å². The molecule has 0 radical (unpaired) electrons. The monoisotopic (exact) mass is 274 g/mol. The molecule has 1 aromatic rings. The number of benzene rings is 1. The van der Waals surface area contributed by atoms with Gasteiger partial charge in [-0.15, -0.1) is 0 Å². The molecule has 0 aliphatic carbocycles. The number of aryl methyl sites for hydroxylation is 1. The van der Waals surface area contributed by atoms with Crippen LogP contribution in [-0.4, -0.2) is 16.0 Å². The van der Waals surface area contributed by atoms with E-state index in [2.05, 4.69) is 44.8 Å². The second kappa shape index (κ2) is 8.05. The highest BCUT2D eigenvalue weighted by atomic mass is 79.9. The van der Waals surface area contributed by atoms with Gasteiger partial charge in [0, 0.05) is 0 Å². The summed E-state index contributed by atoms with van der Waals surface area (Å²) in [5.74, 6) is 0. The molecule has 0 atom stereocenters. The Bertz CT molecular complexity index is 153. The Morgan fingerprint density at radius 1 is 1.10 bits per heavy atom. The van der Waals surface area contributed by atoms with Crippen LogP contribution in [0.2, 0.25) is 0 Å². The van der Waals surface area contributed by atoms with Gasteiger partial charge in [-0.2, -0.15) is 0 Å². The largest absolute Gasteiger partial charge is 0.560 e. The van der Waals surface area contributed by atoms with Crippen LogP contribution >= 0.6 is 25.8 Å². The third-order valence-corrected chi connectivity index (χ3v) is 0.940. The van der Waals surface area contributed by atoms with E-state index >= 15 is 0 Å². The van der Waals surface area contributed by atoms with Crippen molar-refractivity contribution in [2.75, 3.05) is 0 Å². The van der Waals surface area contributed by atoms with Crippen molar-refractivity contribution in [1.29, 1.82) is 0 Å². The molecular weight excluding hydrogens is 268 g/mol. The van der Waals surface area contributed by atoms with Crippen molar-refractivity contribution in [3.63, 3.8) is 0 Å². The second-order valence-electron chi connectivity index (χ2n) is 1.76. The first-order chi connectivity index (χ1) is 4.81. The van der Waals surface area contributed by atoms with E-state index in [9.17, 15) is 0 Å². The Morgan fingerprint density at radius 2 is 1.50 bits per heavy atom. The van der Waals surface area contributed by atoms with E-state index in [-0.39, 0.29) is 16.0 Å². The maximum Gasteiger partial charge on any atom is 0.560 e. The summed E-state index contributed by atoms with van der Waals surface area (Å²) in [6.45, 7) is 2.08. The summed E-state index contributed by atoms with van der Waals surface area (Å²) in [5, 5.41) is 0. The summed E-state index contributed by atoms with van der Waals surface area (Å²) in [6.07, 6.45) is 0. The Labute approximate surface area is 83.9 Å². The van der Waals surface area contributed by atoms with E-state index in [0.29, 0.717) is 0 Å². The van der Waals surface area contributed by atoms with Crippen LogP contribution in [0.25, 0.3) is 0 Å². The first kappa shape index (κ1) is 10.9. The molecule has 0 unspecified atom stereocenters. The van der Waals surface area contributed by atoms with Crippen LogP contribution < -0.4 is 0 Å². The molecule has 0 bridgehead atoms. The fourth-order valence-electron chi connectivity index (χ4n) is 0.534. The van der Waals surface area contributed by atoms with Gasteiger partial charge in [-0.25, -0.2) is 0 Å². The topological polar surface area (TPSA) is 0 Å². The zero-order valence-electron chi connectivity index (χ0n) is 5.85. The average Bonchev–Trinajstić information content (AvgIpc) is 1.91. The van der Waals surface area contributed by atoms with Crippen LogP contribution in [0.5, 0.6) is 0 Å². The third-order valence-electron chi connectivity index (χ3n) is 0.940. The molecule has 0 nitrogen and oxygen atoms in total. The molecule has 0 amide bonds. The summed E-state index contributed by atoms with van der Waals surface area (Å²) in [6, 6.07) is 10.3. The predicted octanol–water partition coefficient (Wildman–Crippen LogP) is 3.31. The van der Waals surface area contributed by atoms with Gasteiger partial charge in [-0.1, -0.05) is 35.9 Å². The minimum atomic E-state index is 0.0417. The predicted molar refractivity (Wildman–Crippen MR) is 54.8 cm³/mol. The number of hydrogen-bond donors (Lipinski definition) is 0. The number of hydrogen-bond acceptors (Lipinski definition) is 0. The molecular formula is C7H8Br2Mg. The highest BCUT2D eigenvalue weighted by molar-refractivity contribution is 9.47. The molecule has 0 aromatic heterocycles. The van der Waals surface area contributed by atoms with Crippen molar-refractivity contribution >= 4 is 41.8 Å². The zero-order valence-corrected chi connectivity index (χ0v) is 10.4. The van der Waals surface area contributed by atoms with Gasteiger partial charge < -0.3 is 0 Å². The minimum Gasteiger partial charge on any atom is -0.280 e. The highest BCUT2D eigenvalue weighted by Gasteiger charge is 1.72. The summed E-state index contributed by atoms with van der Waals surface area (Å²) >= 11 is 6.44. The van der Waals surface area contributed by atoms with Gasteiger partial charge in [0.25, 0.3) is 0 Å². The Balaban J connectivity index is 0.000000236. The SMILES string of the molecule is Cc1ccccc1.[Br][Mg][Br]. The van der Waals surface area contributed by atoms with Crippen molar-refractivity contribution in [3.05, 3.63) is 35.9 Å². The standard InChI is InChI=1S/C7H8.2BrH.Mg/c1-7-5-3-2-4-6-7;;;/h2-6H,1H3;2*1H;/q;;;+2/p-2. The van der Waals surface area contributed by atoms with Crippen molar-refractivity contribution in [1.82, 2.24) is 0 Å². The van der Waals surface area contributed by atoms with Crippen LogP contribution in [0.4, 0.5) is 0 Å². The van der Waals surface area contributed by atoms with E-state index in [1.54, 1.807) is 0 Å². The summed E-state index contributed by atoms with van der Waals surface area (Å²) in [4.78, 5) is 0. The van der Waals surface area contributed by atoms with Crippen molar-refractivity contribution in [3.8, 4) is 0 Å². The van der Waals surface area contributed by atoms with E-state index in [4.69, 9.17) is 0 Å². The van der Waals surface area contributed by atoms with Gasteiger partial charge in [-0.05, 0) is 6.92 Å². The van der Waals surface area contributed by atoms with Crippen LogP contribution in [0.1, 0.15) is 5.56 Å².